The summed E-state index contributed by atoms with van der Waals surface area (Å²) in [7, 11) is 0. The molecule has 124 valence electrons. The Morgan fingerprint density at radius 2 is 1.67 bits per heavy atom. The molecular weight excluding hydrogens is 264 g/mol. The quantitative estimate of drug-likeness (QED) is 0.739. The number of nitrogens with two attached hydrogens (primary N) is 1. The summed E-state index contributed by atoms with van der Waals surface area (Å²) in [6.07, 6.45) is 3.67. The van der Waals surface area contributed by atoms with E-state index in [0.717, 1.165) is 39.3 Å². The van der Waals surface area contributed by atoms with Gasteiger partial charge in [0.25, 0.3) is 0 Å². The fourth-order valence-corrected chi connectivity index (χ4v) is 3.52. The Kier molecular flexibility index (Phi) is 7.96. The molecule has 0 amide bonds. The Labute approximate surface area is 130 Å². The smallest absolute Gasteiger partial charge is 0.0594 e. The first kappa shape index (κ1) is 17.2. The van der Waals surface area contributed by atoms with Crippen molar-refractivity contribution in [3.05, 3.63) is 0 Å². The van der Waals surface area contributed by atoms with Crippen LogP contribution in [0.25, 0.3) is 0 Å². The van der Waals surface area contributed by atoms with E-state index in [1.54, 1.807) is 0 Å². The van der Waals surface area contributed by atoms with Crippen LogP contribution in [0.3, 0.4) is 0 Å². The Morgan fingerprint density at radius 3 is 2.33 bits per heavy atom. The van der Waals surface area contributed by atoms with Gasteiger partial charge in [-0.25, -0.2) is 0 Å². The van der Waals surface area contributed by atoms with Crippen molar-refractivity contribution in [3.8, 4) is 0 Å². The molecule has 2 rings (SSSR count). The van der Waals surface area contributed by atoms with Gasteiger partial charge in [0.15, 0.2) is 0 Å². The molecule has 2 aliphatic rings. The van der Waals surface area contributed by atoms with E-state index in [2.05, 4.69) is 21.6 Å². The lowest BCUT2D eigenvalue weighted by molar-refractivity contribution is 0.0334. The summed E-state index contributed by atoms with van der Waals surface area (Å²) in [5, 5.41) is 0. The normalized spacial score (nSPS) is 24.9. The summed E-state index contributed by atoms with van der Waals surface area (Å²) < 4.78 is 5.42. The zero-order chi connectivity index (χ0) is 14.9. The average Bonchev–Trinajstić information content (AvgIpc) is 2.77. The SMILES string of the molecule is CCC(CCN)N1CCCN(CCN2CCOCC2)CC1. The molecule has 21 heavy (non-hydrogen) atoms. The predicted octanol–water partition coefficient (Wildman–Crippen LogP) is 0.454. The maximum atomic E-state index is 5.76. The van der Waals surface area contributed by atoms with Crippen LogP contribution < -0.4 is 5.73 Å². The predicted molar refractivity (Wildman–Crippen MR) is 87.6 cm³/mol. The summed E-state index contributed by atoms with van der Waals surface area (Å²) in [5.74, 6) is 0. The minimum absolute atomic E-state index is 0.689. The number of morpholine rings is 1. The van der Waals surface area contributed by atoms with Gasteiger partial charge >= 0.3 is 0 Å². The summed E-state index contributed by atoms with van der Waals surface area (Å²) in [5.41, 5.74) is 5.76. The van der Waals surface area contributed by atoms with Crippen LogP contribution >= 0.6 is 0 Å². The van der Waals surface area contributed by atoms with Crippen LogP contribution in [0.1, 0.15) is 26.2 Å². The third-order valence-electron chi connectivity index (χ3n) is 4.95. The molecule has 0 aromatic carbocycles. The molecule has 0 aromatic rings. The molecule has 2 heterocycles. The molecule has 0 aromatic heterocycles. The molecule has 0 aliphatic carbocycles. The van der Waals surface area contributed by atoms with E-state index in [-0.39, 0.29) is 0 Å². The number of nitrogens with zero attached hydrogens (tertiary/aromatic N) is 3. The van der Waals surface area contributed by atoms with E-state index in [1.165, 1.54) is 52.1 Å². The summed E-state index contributed by atoms with van der Waals surface area (Å²) in [6.45, 7) is 14.5. The Morgan fingerprint density at radius 1 is 0.952 bits per heavy atom. The van der Waals surface area contributed by atoms with Crippen LogP contribution in [0.15, 0.2) is 0 Å². The molecule has 5 heteroatoms. The maximum Gasteiger partial charge on any atom is 0.0594 e. The zero-order valence-electron chi connectivity index (χ0n) is 13.8. The third-order valence-corrected chi connectivity index (χ3v) is 4.95. The van der Waals surface area contributed by atoms with E-state index in [0.29, 0.717) is 6.04 Å². The van der Waals surface area contributed by atoms with E-state index in [1.807, 2.05) is 0 Å². The number of hydrogen-bond acceptors (Lipinski definition) is 5. The molecule has 0 bridgehead atoms. The fraction of sp³-hybridized carbons (Fsp3) is 1.00. The van der Waals surface area contributed by atoms with Gasteiger partial charge in [-0.3, -0.25) is 9.80 Å². The maximum absolute atomic E-state index is 5.76. The molecule has 0 saturated carbocycles. The van der Waals surface area contributed by atoms with Gasteiger partial charge in [-0.15, -0.1) is 0 Å². The molecule has 5 nitrogen and oxygen atoms in total. The fourth-order valence-electron chi connectivity index (χ4n) is 3.52. The second kappa shape index (κ2) is 9.74. The second-order valence-electron chi connectivity index (χ2n) is 6.32. The minimum atomic E-state index is 0.689. The first-order valence-corrected chi connectivity index (χ1v) is 8.80. The van der Waals surface area contributed by atoms with Crippen LogP contribution in [-0.4, -0.2) is 92.9 Å². The molecule has 2 fully saturated rings. The second-order valence-corrected chi connectivity index (χ2v) is 6.32. The standard InChI is InChI=1S/C16H34N4O/c1-2-16(4-5-17)20-7-3-6-18(10-11-20)8-9-19-12-14-21-15-13-19/h16H,2-15,17H2,1H3. The van der Waals surface area contributed by atoms with E-state index in [4.69, 9.17) is 10.5 Å². The third kappa shape index (κ3) is 5.83. The Bertz CT molecular complexity index is 271. The van der Waals surface area contributed by atoms with E-state index >= 15 is 0 Å². The number of ether oxygens (including phenoxy) is 1. The lowest BCUT2D eigenvalue weighted by Gasteiger charge is -2.31. The van der Waals surface area contributed by atoms with Crippen LogP contribution in [-0.2, 0) is 4.74 Å². The van der Waals surface area contributed by atoms with Gasteiger partial charge in [-0.1, -0.05) is 6.92 Å². The van der Waals surface area contributed by atoms with Crippen molar-refractivity contribution in [3.63, 3.8) is 0 Å². The molecule has 1 unspecified atom stereocenters. The highest BCUT2D eigenvalue weighted by Gasteiger charge is 2.21. The lowest BCUT2D eigenvalue weighted by Crippen LogP contribution is -2.43. The Balaban J connectivity index is 1.69. The highest BCUT2D eigenvalue weighted by molar-refractivity contribution is 4.77. The molecule has 0 spiro atoms. The highest BCUT2D eigenvalue weighted by Crippen LogP contribution is 2.12. The van der Waals surface area contributed by atoms with Crippen molar-refractivity contribution in [2.45, 2.75) is 32.2 Å². The average molecular weight is 298 g/mol. The number of hydrogen-bond donors (Lipinski definition) is 1. The van der Waals surface area contributed by atoms with Crippen molar-refractivity contribution in [1.29, 1.82) is 0 Å². The summed E-state index contributed by atoms with van der Waals surface area (Å²) in [4.78, 5) is 7.85. The van der Waals surface area contributed by atoms with Crippen molar-refractivity contribution >= 4 is 0 Å². The minimum Gasteiger partial charge on any atom is -0.379 e. The van der Waals surface area contributed by atoms with E-state index < -0.39 is 0 Å². The van der Waals surface area contributed by atoms with Gasteiger partial charge in [0.2, 0.25) is 0 Å². The number of rotatable bonds is 7. The van der Waals surface area contributed by atoms with Crippen LogP contribution in [0, 0.1) is 0 Å². The molecule has 2 saturated heterocycles. The lowest BCUT2D eigenvalue weighted by atomic mass is 10.1. The molecule has 1 atom stereocenters. The van der Waals surface area contributed by atoms with Gasteiger partial charge < -0.3 is 15.4 Å². The van der Waals surface area contributed by atoms with Gasteiger partial charge in [0.05, 0.1) is 13.2 Å². The van der Waals surface area contributed by atoms with Gasteiger partial charge in [0.1, 0.15) is 0 Å². The summed E-state index contributed by atoms with van der Waals surface area (Å²) in [6, 6.07) is 0.689. The van der Waals surface area contributed by atoms with Gasteiger partial charge in [0, 0.05) is 45.3 Å². The van der Waals surface area contributed by atoms with Crippen LogP contribution in [0.2, 0.25) is 0 Å². The largest absolute Gasteiger partial charge is 0.379 e. The molecule has 2 N–H and O–H groups in total. The van der Waals surface area contributed by atoms with Crippen molar-refractivity contribution in [2.24, 2.45) is 5.73 Å². The Hall–Kier alpha value is -0.200. The van der Waals surface area contributed by atoms with Crippen molar-refractivity contribution in [1.82, 2.24) is 14.7 Å². The van der Waals surface area contributed by atoms with Crippen LogP contribution in [0.4, 0.5) is 0 Å². The molecule has 0 radical (unpaired) electrons. The monoisotopic (exact) mass is 298 g/mol. The van der Waals surface area contributed by atoms with Gasteiger partial charge in [-0.2, -0.15) is 0 Å². The van der Waals surface area contributed by atoms with Gasteiger partial charge in [-0.05, 0) is 38.9 Å². The van der Waals surface area contributed by atoms with Crippen LogP contribution in [0.5, 0.6) is 0 Å². The molecule has 2 aliphatic heterocycles. The van der Waals surface area contributed by atoms with E-state index in [9.17, 15) is 0 Å². The first-order valence-electron chi connectivity index (χ1n) is 8.80. The highest BCUT2D eigenvalue weighted by atomic mass is 16.5. The summed E-state index contributed by atoms with van der Waals surface area (Å²) >= 11 is 0. The van der Waals surface area contributed by atoms with Crippen molar-refractivity contribution < 1.29 is 4.74 Å². The topological polar surface area (TPSA) is 45.0 Å². The zero-order valence-corrected chi connectivity index (χ0v) is 13.8. The van der Waals surface area contributed by atoms with Crippen molar-refractivity contribution in [2.75, 3.05) is 72.1 Å². The first-order chi connectivity index (χ1) is 10.3. The molecular formula is C16H34N4O.